The second-order valence-electron chi connectivity index (χ2n) is 5.36. The van der Waals surface area contributed by atoms with E-state index in [9.17, 15) is 13.2 Å². The third-order valence-corrected chi connectivity index (χ3v) is 3.61. The highest BCUT2D eigenvalue weighted by molar-refractivity contribution is 6.33. The molecule has 0 aliphatic carbocycles. The first-order valence-corrected chi connectivity index (χ1v) is 7.20. The molecule has 4 nitrogen and oxygen atoms in total. The highest BCUT2D eigenvalue weighted by Gasteiger charge is 2.30. The van der Waals surface area contributed by atoms with E-state index < -0.39 is 11.7 Å². The van der Waals surface area contributed by atoms with Gasteiger partial charge in [0.05, 0.1) is 11.2 Å². The summed E-state index contributed by atoms with van der Waals surface area (Å²) in [6, 6.07) is 4.75. The van der Waals surface area contributed by atoms with Gasteiger partial charge in [0.15, 0.2) is 13.7 Å². The van der Waals surface area contributed by atoms with Crippen LogP contribution in [0.25, 0.3) is 11.3 Å². The Morgan fingerprint density at radius 2 is 1.74 bits per heavy atom. The SMILES string of the molecule is Bc1oc(CCC(CO)CO)nc1-c1ccc(C(F)(F)F)cc1. The van der Waals surface area contributed by atoms with E-state index in [0.29, 0.717) is 35.6 Å². The Balaban J connectivity index is 2.14. The molecule has 1 aromatic heterocycles. The van der Waals surface area contributed by atoms with Gasteiger partial charge in [-0.05, 0) is 18.6 Å². The number of oxazole rings is 1. The van der Waals surface area contributed by atoms with Crippen molar-refractivity contribution in [1.29, 1.82) is 0 Å². The molecule has 23 heavy (non-hydrogen) atoms. The zero-order valence-electron chi connectivity index (χ0n) is 12.6. The summed E-state index contributed by atoms with van der Waals surface area (Å²) < 4.78 is 43.2. The molecule has 0 aliphatic rings. The molecular weight excluding hydrogens is 310 g/mol. The summed E-state index contributed by atoms with van der Waals surface area (Å²) in [7, 11) is 1.69. The molecule has 0 fully saturated rings. The minimum Gasteiger partial charge on any atom is -0.456 e. The molecule has 2 N–H and O–H groups in total. The van der Waals surface area contributed by atoms with E-state index in [0.717, 1.165) is 12.1 Å². The molecule has 124 valence electrons. The maximum atomic E-state index is 12.6. The number of hydrogen-bond acceptors (Lipinski definition) is 4. The Bertz CT molecular complexity index is 636. The lowest BCUT2D eigenvalue weighted by Crippen LogP contribution is -2.12. The first kappa shape index (κ1) is 17.6. The van der Waals surface area contributed by atoms with Gasteiger partial charge < -0.3 is 14.6 Å². The largest absolute Gasteiger partial charge is 0.456 e. The van der Waals surface area contributed by atoms with Crippen LogP contribution in [-0.4, -0.2) is 36.3 Å². The van der Waals surface area contributed by atoms with Crippen molar-refractivity contribution in [3.05, 3.63) is 35.7 Å². The average molecular weight is 327 g/mol. The normalized spacial score (nSPS) is 12.1. The lowest BCUT2D eigenvalue weighted by atomic mass is 9.98. The van der Waals surface area contributed by atoms with E-state index in [1.165, 1.54) is 12.1 Å². The molecule has 0 saturated heterocycles. The molecule has 1 aromatic carbocycles. The van der Waals surface area contributed by atoms with Crippen LogP contribution >= 0.6 is 0 Å². The number of aliphatic hydroxyl groups excluding tert-OH is 2. The summed E-state index contributed by atoms with van der Waals surface area (Å²) in [5, 5.41) is 18.1. The monoisotopic (exact) mass is 327 g/mol. The number of aromatic nitrogens is 1. The molecular formula is C15H17BF3NO3. The van der Waals surface area contributed by atoms with Crippen molar-refractivity contribution in [3.8, 4) is 11.3 Å². The molecule has 2 rings (SSSR count). The van der Waals surface area contributed by atoms with E-state index >= 15 is 0 Å². The van der Waals surface area contributed by atoms with E-state index in [1.807, 2.05) is 0 Å². The quantitative estimate of drug-likeness (QED) is 0.782. The summed E-state index contributed by atoms with van der Waals surface area (Å²) in [4.78, 5) is 4.30. The maximum Gasteiger partial charge on any atom is 0.416 e. The number of benzene rings is 1. The van der Waals surface area contributed by atoms with Crippen LogP contribution in [0.5, 0.6) is 0 Å². The van der Waals surface area contributed by atoms with Gasteiger partial charge in [-0.15, -0.1) is 0 Å². The highest BCUT2D eigenvalue weighted by Crippen LogP contribution is 2.30. The molecule has 1 heterocycles. The van der Waals surface area contributed by atoms with E-state index in [4.69, 9.17) is 14.6 Å². The molecule has 0 atom stereocenters. The van der Waals surface area contributed by atoms with Crippen LogP contribution in [0.15, 0.2) is 28.7 Å². The van der Waals surface area contributed by atoms with Crippen molar-refractivity contribution in [2.45, 2.75) is 19.0 Å². The lowest BCUT2D eigenvalue weighted by Gasteiger charge is -2.07. The van der Waals surface area contributed by atoms with Crippen LogP contribution < -0.4 is 5.66 Å². The fourth-order valence-corrected chi connectivity index (χ4v) is 2.21. The molecule has 0 bridgehead atoms. The predicted octanol–water partition coefficient (Wildman–Crippen LogP) is 1.15. The van der Waals surface area contributed by atoms with Crippen molar-refractivity contribution in [2.75, 3.05) is 13.2 Å². The second kappa shape index (κ2) is 7.19. The fraction of sp³-hybridized carbons (Fsp3) is 0.400. The summed E-state index contributed by atoms with van der Waals surface area (Å²) in [5.74, 6) is 0.195. The van der Waals surface area contributed by atoms with Gasteiger partial charge in [-0.25, -0.2) is 4.98 Å². The van der Waals surface area contributed by atoms with Crippen LogP contribution in [0.2, 0.25) is 0 Å². The van der Waals surface area contributed by atoms with Gasteiger partial charge in [0.2, 0.25) is 0 Å². The van der Waals surface area contributed by atoms with Crippen LogP contribution in [-0.2, 0) is 12.6 Å². The van der Waals surface area contributed by atoms with Gasteiger partial charge in [0.25, 0.3) is 0 Å². The average Bonchev–Trinajstić information content (AvgIpc) is 2.88. The fourth-order valence-electron chi connectivity index (χ4n) is 2.21. The van der Waals surface area contributed by atoms with Crippen LogP contribution in [0, 0.1) is 5.92 Å². The van der Waals surface area contributed by atoms with Gasteiger partial charge >= 0.3 is 6.18 Å². The van der Waals surface area contributed by atoms with E-state index in [1.54, 1.807) is 7.85 Å². The Hall–Kier alpha value is -1.80. The van der Waals surface area contributed by atoms with E-state index in [2.05, 4.69) is 4.98 Å². The molecule has 0 aliphatic heterocycles. The number of halogens is 3. The highest BCUT2D eigenvalue weighted by atomic mass is 19.4. The first-order chi connectivity index (χ1) is 10.8. The summed E-state index contributed by atoms with van der Waals surface area (Å²) in [5.41, 5.74) is 0.852. The predicted molar refractivity (Wildman–Crippen MR) is 81.1 cm³/mol. The molecule has 0 amide bonds. The Kier molecular flexibility index (Phi) is 5.48. The Morgan fingerprint density at radius 1 is 1.13 bits per heavy atom. The summed E-state index contributed by atoms with van der Waals surface area (Å²) in [6.45, 7) is -0.246. The number of aliphatic hydroxyl groups is 2. The standard InChI is InChI=1S/C15H17BF3NO3/c16-14-13(10-2-4-11(5-3-10)15(17,18)19)20-12(23-14)6-1-9(7-21)8-22/h2-5,9,21-22H,1,6-8,16H2. The Morgan fingerprint density at radius 3 is 2.26 bits per heavy atom. The number of alkyl halides is 3. The van der Waals surface area contributed by atoms with Crippen molar-refractivity contribution >= 4 is 13.5 Å². The van der Waals surface area contributed by atoms with Crippen LogP contribution in [0.3, 0.4) is 0 Å². The molecule has 8 heteroatoms. The van der Waals surface area contributed by atoms with Gasteiger partial charge in [0, 0.05) is 31.1 Å². The molecule has 0 saturated carbocycles. The summed E-state index contributed by atoms with van der Waals surface area (Å²) in [6.07, 6.45) is -3.42. The van der Waals surface area contributed by atoms with Gasteiger partial charge in [-0.3, -0.25) is 0 Å². The lowest BCUT2D eigenvalue weighted by molar-refractivity contribution is -0.137. The number of aryl methyl sites for hydroxylation is 1. The van der Waals surface area contributed by atoms with Gasteiger partial charge in [-0.1, -0.05) is 12.1 Å². The molecule has 0 unspecified atom stereocenters. The van der Waals surface area contributed by atoms with Crippen molar-refractivity contribution in [3.63, 3.8) is 0 Å². The van der Waals surface area contributed by atoms with E-state index in [-0.39, 0.29) is 19.1 Å². The van der Waals surface area contributed by atoms with Crippen LogP contribution in [0.4, 0.5) is 13.2 Å². The third kappa shape index (κ3) is 4.36. The molecule has 2 aromatic rings. The molecule has 0 spiro atoms. The zero-order chi connectivity index (χ0) is 17.0. The topological polar surface area (TPSA) is 66.5 Å². The van der Waals surface area contributed by atoms with Crippen molar-refractivity contribution in [1.82, 2.24) is 4.98 Å². The number of hydrogen-bond donors (Lipinski definition) is 2. The number of nitrogens with zero attached hydrogens (tertiary/aromatic N) is 1. The van der Waals surface area contributed by atoms with Crippen LogP contribution in [0.1, 0.15) is 17.9 Å². The van der Waals surface area contributed by atoms with Gasteiger partial charge in [-0.2, -0.15) is 13.2 Å². The maximum absolute atomic E-state index is 12.6. The zero-order valence-corrected chi connectivity index (χ0v) is 12.6. The summed E-state index contributed by atoms with van der Waals surface area (Å²) >= 11 is 0. The molecule has 0 radical (unpaired) electrons. The number of rotatable bonds is 6. The first-order valence-electron chi connectivity index (χ1n) is 7.20. The minimum atomic E-state index is -4.37. The second-order valence-corrected chi connectivity index (χ2v) is 5.36. The minimum absolute atomic E-state index is 0.123. The Labute approximate surface area is 132 Å². The third-order valence-electron chi connectivity index (χ3n) is 3.61. The smallest absolute Gasteiger partial charge is 0.416 e. The van der Waals surface area contributed by atoms with Gasteiger partial charge in [0.1, 0.15) is 5.69 Å². The van der Waals surface area contributed by atoms with Crippen molar-refractivity contribution in [2.24, 2.45) is 5.92 Å². The van der Waals surface area contributed by atoms with Crippen molar-refractivity contribution < 1.29 is 27.8 Å².